The van der Waals surface area contributed by atoms with E-state index in [1.54, 1.807) is 0 Å². The number of benzene rings is 1. The molecule has 0 aliphatic carbocycles. The van der Waals surface area contributed by atoms with Crippen LogP contribution in [0.1, 0.15) is 0 Å². The summed E-state index contributed by atoms with van der Waals surface area (Å²) >= 11 is 3.03. The summed E-state index contributed by atoms with van der Waals surface area (Å²) in [5.74, 6) is -0.880. The number of hydrogen-bond donors (Lipinski definition) is 0. The van der Waals surface area contributed by atoms with Crippen molar-refractivity contribution in [2.75, 3.05) is 0 Å². The lowest BCUT2D eigenvalue weighted by molar-refractivity contribution is 0.618. The second kappa shape index (κ2) is 3.03. The average Bonchev–Trinajstić information content (AvgIpc) is 2.08. The van der Waals surface area contributed by atoms with Crippen molar-refractivity contribution in [3.63, 3.8) is 0 Å². The van der Waals surface area contributed by atoms with Crippen LogP contribution in [0, 0.1) is 11.6 Å². The van der Waals surface area contributed by atoms with Gasteiger partial charge in [-0.15, -0.1) is 0 Å². The molecule has 66 valence electrons. The van der Waals surface area contributed by atoms with Crippen LogP contribution in [0.15, 0.2) is 28.9 Å². The maximum absolute atomic E-state index is 13.0. The molecule has 0 saturated carbocycles. The fraction of sp³-hybridized carbons (Fsp3) is 0. The summed E-state index contributed by atoms with van der Waals surface area (Å²) in [6.45, 7) is 0. The van der Waals surface area contributed by atoms with E-state index < -0.39 is 11.6 Å². The van der Waals surface area contributed by atoms with Crippen molar-refractivity contribution in [2.45, 2.75) is 0 Å². The van der Waals surface area contributed by atoms with Gasteiger partial charge in [-0.1, -0.05) is 0 Å². The third-order valence-corrected chi connectivity index (χ3v) is 2.30. The van der Waals surface area contributed by atoms with Crippen molar-refractivity contribution < 1.29 is 8.78 Å². The highest BCUT2D eigenvalue weighted by molar-refractivity contribution is 9.10. The summed E-state index contributed by atoms with van der Waals surface area (Å²) in [5, 5.41) is 0.459. The SMILES string of the molecule is Fc1cnc2cc(Br)c(F)cc2c1. The van der Waals surface area contributed by atoms with Crippen LogP contribution in [-0.4, -0.2) is 4.98 Å². The lowest BCUT2D eigenvalue weighted by atomic mass is 10.2. The molecule has 4 heteroatoms. The molecule has 0 spiro atoms. The minimum Gasteiger partial charge on any atom is -0.253 e. The van der Waals surface area contributed by atoms with Crippen LogP contribution in [0.5, 0.6) is 0 Å². The van der Waals surface area contributed by atoms with Crippen molar-refractivity contribution in [1.82, 2.24) is 4.98 Å². The van der Waals surface area contributed by atoms with Crippen molar-refractivity contribution in [3.8, 4) is 0 Å². The minimum absolute atomic E-state index is 0.333. The molecule has 2 rings (SSSR count). The molecule has 0 bridgehead atoms. The van der Waals surface area contributed by atoms with Crippen LogP contribution >= 0.6 is 15.9 Å². The Labute approximate surface area is 81.5 Å². The van der Waals surface area contributed by atoms with E-state index in [1.807, 2.05) is 0 Å². The number of aromatic nitrogens is 1. The van der Waals surface area contributed by atoms with Crippen molar-refractivity contribution in [1.29, 1.82) is 0 Å². The Bertz CT molecular complexity index is 470. The fourth-order valence-corrected chi connectivity index (χ4v) is 1.43. The quantitative estimate of drug-likeness (QED) is 0.692. The zero-order chi connectivity index (χ0) is 9.42. The third-order valence-electron chi connectivity index (χ3n) is 1.69. The van der Waals surface area contributed by atoms with Gasteiger partial charge < -0.3 is 0 Å². The van der Waals surface area contributed by atoms with Gasteiger partial charge in [-0.2, -0.15) is 0 Å². The van der Waals surface area contributed by atoms with Crippen molar-refractivity contribution >= 4 is 26.8 Å². The first-order chi connectivity index (χ1) is 6.16. The Morgan fingerprint density at radius 1 is 1.15 bits per heavy atom. The van der Waals surface area contributed by atoms with Gasteiger partial charge in [0.2, 0.25) is 0 Å². The molecule has 1 nitrogen and oxygen atoms in total. The van der Waals surface area contributed by atoms with Gasteiger partial charge in [0.25, 0.3) is 0 Å². The molecule has 0 fully saturated rings. The van der Waals surface area contributed by atoms with E-state index in [4.69, 9.17) is 0 Å². The number of halogens is 3. The molecule has 1 aromatic heterocycles. The first-order valence-corrected chi connectivity index (χ1v) is 4.36. The molecule has 1 heterocycles. The first-order valence-electron chi connectivity index (χ1n) is 3.57. The Morgan fingerprint density at radius 2 is 1.92 bits per heavy atom. The zero-order valence-electron chi connectivity index (χ0n) is 6.39. The molecular weight excluding hydrogens is 240 g/mol. The van der Waals surface area contributed by atoms with Crippen molar-refractivity contribution in [2.24, 2.45) is 0 Å². The summed E-state index contributed by atoms with van der Waals surface area (Å²) in [6.07, 6.45) is 1.10. The Balaban J connectivity index is 2.81. The van der Waals surface area contributed by atoms with E-state index in [-0.39, 0.29) is 0 Å². The summed E-state index contributed by atoms with van der Waals surface area (Å²) in [5.41, 5.74) is 0.565. The van der Waals surface area contributed by atoms with E-state index in [0.29, 0.717) is 15.4 Å². The van der Waals surface area contributed by atoms with E-state index in [1.165, 1.54) is 18.2 Å². The normalized spacial score (nSPS) is 10.7. The maximum atomic E-state index is 13.0. The standard InChI is InChI=1S/C9H4BrF2N/c10-7-3-9-5(2-8(7)12)1-6(11)4-13-9/h1-4H. The van der Waals surface area contributed by atoms with Gasteiger partial charge in [0.15, 0.2) is 0 Å². The maximum Gasteiger partial charge on any atom is 0.142 e. The molecule has 0 unspecified atom stereocenters. The molecule has 2 aromatic rings. The number of fused-ring (bicyclic) bond motifs is 1. The van der Waals surface area contributed by atoms with Crippen LogP contribution < -0.4 is 0 Å². The third kappa shape index (κ3) is 1.54. The second-order valence-corrected chi connectivity index (χ2v) is 3.47. The molecule has 0 saturated heterocycles. The van der Waals surface area contributed by atoms with Gasteiger partial charge in [0, 0.05) is 5.39 Å². The Kier molecular flexibility index (Phi) is 2.00. The smallest absolute Gasteiger partial charge is 0.142 e. The summed E-state index contributed by atoms with van der Waals surface area (Å²) in [4.78, 5) is 3.81. The monoisotopic (exact) mass is 243 g/mol. The summed E-state index contributed by atoms with van der Waals surface area (Å²) < 4.78 is 26.0. The van der Waals surface area contributed by atoms with Crippen LogP contribution in [0.4, 0.5) is 8.78 Å². The van der Waals surface area contributed by atoms with E-state index in [9.17, 15) is 8.78 Å². The molecule has 13 heavy (non-hydrogen) atoms. The number of pyridine rings is 1. The highest BCUT2D eigenvalue weighted by Gasteiger charge is 2.03. The predicted octanol–water partition coefficient (Wildman–Crippen LogP) is 3.28. The fourth-order valence-electron chi connectivity index (χ4n) is 1.10. The average molecular weight is 244 g/mol. The van der Waals surface area contributed by atoms with Gasteiger partial charge in [0.05, 0.1) is 16.2 Å². The largest absolute Gasteiger partial charge is 0.253 e. The molecule has 0 atom stereocenters. The molecule has 0 N–H and O–H groups in total. The van der Waals surface area contributed by atoms with Gasteiger partial charge in [-0.05, 0) is 34.1 Å². The van der Waals surface area contributed by atoms with Gasteiger partial charge in [-0.3, -0.25) is 4.98 Å². The van der Waals surface area contributed by atoms with Gasteiger partial charge in [-0.25, -0.2) is 8.78 Å². The van der Waals surface area contributed by atoms with Crippen LogP contribution in [-0.2, 0) is 0 Å². The highest BCUT2D eigenvalue weighted by Crippen LogP contribution is 2.22. The molecule has 1 aromatic carbocycles. The molecule has 0 aliphatic rings. The minimum atomic E-state index is -0.464. The van der Waals surface area contributed by atoms with E-state index in [2.05, 4.69) is 20.9 Å². The lowest BCUT2D eigenvalue weighted by Gasteiger charge is -1.98. The number of hydrogen-bond acceptors (Lipinski definition) is 1. The van der Waals surface area contributed by atoms with E-state index in [0.717, 1.165) is 6.20 Å². The molecule has 0 radical (unpaired) electrons. The van der Waals surface area contributed by atoms with Crippen LogP contribution in [0.25, 0.3) is 10.9 Å². The predicted molar refractivity (Wildman–Crippen MR) is 49.4 cm³/mol. The number of nitrogens with zero attached hydrogens (tertiary/aromatic N) is 1. The Hall–Kier alpha value is -1.03. The van der Waals surface area contributed by atoms with Crippen LogP contribution in [0.3, 0.4) is 0 Å². The number of rotatable bonds is 0. The first kappa shape index (κ1) is 8.56. The van der Waals surface area contributed by atoms with Crippen molar-refractivity contribution in [3.05, 3.63) is 40.5 Å². The topological polar surface area (TPSA) is 12.9 Å². The lowest BCUT2D eigenvalue weighted by Crippen LogP contribution is -1.84. The zero-order valence-corrected chi connectivity index (χ0v) is 7.98. The molecule has 0 amide bonds. The molecular formula is C9H4BrF2N. The summed E-state index contributed by atoms with van der Waals surface area (Å²) in [6, 6.07) is 4.01. The van der Waals surface area contributed by atoms with E-state index >= 15 is 0 Å². The second-order valence-electron chi connectivity index (χ2n) is 2.61. The highest BCUT2D eigenvalue weighted by atomic mass is 79.9. The molecule has 0 aliphatic heterocycles. The Morgan fingerprint density at radius 3 is 2.69 bits per heavy atom. The van der Waals surface area contributed by atoms with Gasteiger partial charge >= 0.3 is 0 Å². The summed E-state index contributed by atoms with van der Waals surface area (Å²) in [7, 11) is 0. The van der Waals surface area contributed by atoms with Gasteiger partial charge in [0.1, 0.15) is 11.6 Å². The van der Waals surface area contributed by atoms with Crippen LogP contribution in [0.2, 0.25) is 0 Å².